The fourth-order valence-corrected chi connectivity index (χ4v) is 1.73. The Morgan fingerprint density at radius 1 is 1.47 bits per heavy atom. The summed E-state index contributed by atoms with van der Waals surface area (Å²) in [4.78, 5) is 12.0. The van der Waals surface area contributed by atoms with Crippen molar-refractivity contribution in [1.82, 2.24) is 5.32 Å². The summed E-state index contributed by atoms with van der Waals surface area (Å²) in [5, 5.41) is 12.2. The molecule has 3 nitrogen and oxygen atoms in total. The maximum absolute atomic E-state index is 12.0. The second kappa shape index (κ2) is 5.92. The molecule has 0 aliphatic rings. The molecule has 0 saturated heterocycles. The summed E-state index contributed by atoms with van der Waals surface area (Å²) >= 11 is 5.74. The number of nitrogens with one attached hydrogen (secondary N) is 1. The molecule has 0 aliphatic heterocycles. The number of halogens is 1. The van der Waals surface area contributed by atoms with Gasteiger partial charge in [-0.3, -0.25) is 4.79 Å². The van der Waals surface area contributed by atoms with Crippen molar-refractivity contribution in [2.24, 2.45) is 5.92 Å². The molecule has 2 unspecified atom stereocenters. The first kappa shape index (κ1) is 13.8. The molecule has 2 atom stereocenters. The van der Waals surface area contributed by atoms with E-state index in [0.29, 0.717) is 11.4 Å². The fraction of sp³-hybridized carbons (Fsp3) is 0.462. The van der Waals surface area contributed by atoms with Crippen LogP contribution in [0, 0.1) is 12.8 Å². The number of amides is 1. The normalized spacial score (nSPS) is 14.1. The highest BCUT2D eigenvalue weighted by Gasteiger charge is 2.16. The van der Waals surface area contributed by atoms with E-state index in [1.807, 2.05) is 13.8 Å². The van der Waals surface area contributed by atoms with Gasteiger partial charge in [-0.05, 0) is 43.5 Å². The van der Waals surface area contributed by atoms with E-state index >= 15 is 0 Å². The van der Waals surface area contributed by atoms with Gasteiger partial charge in [-0.2, -0.15) is 0 Å². The van der Waals surface area contributed by atoms with Crippen molar-refractivity contribution in [1.29, 1.82) is 0 Å². The minimum absolute atomic E-state index is 0.0215. The van der Waals surface area contributed by atoms with Crippen LogP contribution in [0.15, 0.2) is 18.2 Å². The van der Waals surface area contributed by atoms with Gasteiger partial charge in [0.1, 0.15) is 5.75 Å². The lowest BCUT2D eigenvalue weighted by atomic mass is 10.0. The van der Waals surface area contributed by atoms with E-state index < -0.39 is 0 Å². The van der Waals surface area contributed by atoms with Crippen molar-refractivity contribution < 1.29 is 9.90 Å². The quantitative estimate of drug-likeness (QED) is 0.813. The minimum Gasteiger partial charge on any atom is -0.508 e. The van der Waals surface area contributed by atoms with Gasteiger partial charge < -0.3 is 10.4 Å². The van der Waals surface area contributed by atoms with Gasteiger partial charge in [0.15, 0.2) is 0 Å². The zero-order chi connectivity index (χ0) is 13.0. The number of carbonyl (C=O) groups excluding carboxylic acids is 1. The smallest absolute Gasteiger partial charge is 0.251 e. The van der Waals surface area contributed by atoms with Crippen LogP contribution in [0.25, 0.3) is 0 Å². The van der Waals surface area contributed by atoms with Crippen LogP contribution in [0.4, 0.5) is 0 Å². The Morgan fingerprint density at radius 3 is 2.65 bits per heavy atom. The van der Waals surface area contributed by atoms with Crippen molar-refractivity contribution in [3.05, 3.63) is 29.3 Å². The van der Waals surface area contributed by atoms with E-state index in [1.54, 1.807) is 19.1 Å². The van der Waals surface area contributed by atoms with Crippen molar-refractivity contribution in [2.45, 2.75) is 26.8 Å². The van der Waals surface area contributed by atoms with Gasteiger partial charge in [-0.25, -0.2) is 0 Å². The maximum Gasteiger partial charge on any atom is 0.251 e. The standard InChI is InChI=1S/C13H18ClNO2/c1-8-6-11(16)4-5-12(8)13(17)15-10(3)9(2)7-14/h4-6,9-10,16H,7H2,1-3H3,(H,15,17). The average molecular weight is 256 g/mol. The predicted molar refractivity (Wildman–Crippen MR) is 69.7 cm³/mol. The molecule has 0 heterocycles. The van der Waals surface area contributed by atoms with Crippen LogP contribution in [-0.2, 0) is 0 Å². The summed E-state index contributed by atoms with van der Waals surface area (Å²) in [5.74, 6) is 0.766. The molecule has 0 spiro atoms. The first-order valence-corrected chi connectivity index (χ1v) is 6.15. The zero-order valence-corrected chi connectivity index (χ0v) is 11.1. The van der Waals surface area contributed by atoms with Gasteiger partial charge in [-0.15, -0.1) is 11.6 Å². The van der Waals surface area contributed by atoms with Gasteiger partial charge in [0.2, 0.25) is 0 Å². The second-order valence-electron chi connectivity index (χ2n) is 4.39. The SMILES string of the molecule is Cc1cc(O)ccc1C(=O)NC(C)C(C)CCl. The van der Waals surface area contributed by atoms with Gasteiger partial charge in [-0.1, -0.05) is 6.92 Å². The summed E-state index contributed by atoms with van der Waals surface area (Å²) in [6, 6.07) is 4.73. The number of aromatic hydroxyl groups is 1. The molecule has 0 aromatic heterocycles. The molecule has 1 aromatic carbocycles. The van der Waals surface area contributed by atoms with E-state index in [9.17, 15) is 9.90 Å². The highest BCUT2D eigenvalue weighted by atomic mass is 35.5. The predicted octanol–water partition coefficient (Wildman–Crippen LogP) is 2.69. The number of hydrogen-bond donors (Lipinski definition) is 2. The Labute approximate surface area is 107 Å². The Balaban J connectivity index is 2.76. The molecule has 1 aromatic rings. The molecule has 0 aliphatic carbocycles. The van der Waals surface area contributed by atoms with Gasteiger partial charge >= 0.3 is 0 Å². The Morgan fingerprint density at radius 2 is 2.12 bits per heavy atom. The third kappa shape index (κ3) is 3.63. The largest absolute Gasteiger partial charge is 0.508 e. The van der Waals surface area contributed by atoms with E-state index in [-0.39, 0.29) is 23.6 Å². The van der Waals surface area contributed by atoms with E-state index in [1.165, 1.54) is 6.07 Å². The lowest BCUT2D eigenvalue weighted by Gasteiger charge is -2.19. The summed E-state index contributed by atoms with van der Waals surface area (Å²) < 4.78 is 0. The highest BCUT2D eigenvalue weighted by molar-refractivity contribution is 6.18. The fourth-order valence-electron chi connectivity index (χ4n) is 1.46. The topological polar surface area (TPSA) is 49.3 Å². The van der Waals surface area contributed by atoms with Crippen molar-refractivity contribution in [3.8, 4) is 5.75 Å². The van der Waals surface area contributed by atoms with Crippen LogP contribution in [-0.4, -0.2) is 22.9 Å². The van der Waals surface area contributed by atoms with Crippen LogP contribution >= 0.6 is 11.6 Å². The number of phenolic OH excluding ortho intramolecular Hbond substituents is 1. The molecule has 1 rings (SSSR count). The molecule has 0 radical (unpaired) electrons. The first-order valence-electron chi connectivity index (χ1n) is 5.62. The van der Waals surface area contributed by atoms with E-state index in [2.05, 4.69) is 5.32 Å². The molecule has 0 saturated carbocycles. The summed E-state index contributed by atoms with van der Waals surface area (Å²) in [5.41, 5.74) is 1.34. The third-order valence-electron chi connectivity index (χ3n) is 2.91. The van der Waals surface area contributed by atoms with Crippen LogP contribution in [0.5, 0.6) is 5.75 Å². The van der Waals surface area contributed by atoms with E-state index in [4.69, 9.17) is 11.6 Å². The summed E-state index contributed by atoms with van der Waals surface area (Å²) in [6.07, 6.45) is 0. The molecule has 94 valence electrons. The Bertz CT molecular complexity index is 406. The lowest BCUT2D eigenvalue weighted by Crippen LogP contribution is -2.38. The van der Waals surface area contributed by atoms with Crippen molar-refractivity contribution in [3.63, 3.8) is 0 Å². The Hall–Kier alpha value is -1.22. The van der Waals surface area contributed by atoms with E-state index in [0.717, 1.165) is 5.56 Å². The van der Waals surface area contributed by atoms with Crippen LogP contribution in [0.1, 0.15) is 29.8 Å². The molecular weight excluding hydrogens is 238 g/mol. The number of carbonyl (C=O) groups is 1. The molecule has 0 fully saturated rings. The lowest BCUT2D eigenvalue weighted by molar-refractivity contribution is 0.0930. The molecule has 4 heteroatoms. The maximum atomic E-state index is 12.0. The summed E-state index contributed by atoms with van der Waals surface area (Å²) in [7, 11) is 0. The molecule has 2 N–H and O–H groups in total. The number of phenols is 1. The highest BCUT2D eigenvalue weighted by Crippen LogP contribution is 2.16. The number of hydrogen-bond acceptors (Lipinski definition) is 2. The van der Waals surface area contributed by atoms with Crippen LogP contribution in [0.2, 0.25) is 0 Å². The van der Waals surface area contributed by atoms with Crippen molar-refractivity contribution >= 4 is 17.5 Å². The molecular formula is C13H18ClNO2. The number of rotatable bonds is 4. The minimum atomic E-state index is -0.132. The molecule has 1 amide bonds. The molecule has 17 heavy (non-hydrogen) atoms. The van der Waals surface area contributed by atoms with Crippen molar-refractivity contribution in [2.75, 3.05) is 5.88 Å². The van der Waals surface area contributed by atoms with Gasteiger partial charge in [0.25, 0.3) is 5.91 Å². The van der Waals surface area contributed by atoms with Crippen LogP contribution < -0.4 is 5.32 Å². The van der Waals surface area contributed by atoms with Gasteiger partial charge in [0, 0.05) is 17.5 Å². The molecule has 0 bridgehead atoms. The Kier molecular flexibility index (Phi) is 4.82. The van der Waals surface area contributed by atoms with Gasteiger partial charge in [0.05, 0.1) is 0 Å². The average Bonchev–Trinajstić information content (AvgIpc) is 2.27. The zero-order valence-electron chi connectivity index (χ0n) is 10.3. The summed E-state index contributed by atoms with van der Waals surface area (Å²) in [6.45, 7) is 5.71. The number of benzene rings is 1. The third-order valence-corrected chi connectivity index (χ3v) is 3.40. The van der Waals surface area contributed by atoms with Crippen LogP contribution in [0.3, 0.4) is 0 Å². The monoisotopic (exact) mass is 255 g/mol. The number of aryl methyl sites for hydroxylation is 1. The second-order valence-corrected chi connectivity index (χ2v) is 4.70. The first-order chi connectivity index (χ1) is 7.95. The number of alkyl halides is 1.